The Hall–Kier alpha value is -3.20. The monoisotopic (exact) mass is 388 g/mol. The highest BCUT2D eigenvalue weighted by Gasteiger charge is 2.45. The second kappa shape index (κ2) is 6.51. The van der Waals surface area contributed by atoms with E-state index in [-0.39, 0.29) is 14.8 Å². The van der Waals surface area contributed by atoms with E-state index in [0.29, 0.717) is 5.69 Å². The summed E-state index contributed by atoms with van der Waals surface area (Å²) >= 11 is 0. The van der Waals surface area contributed by atoms with Gasteiger partial charge in [0.1, 0.15) is 6.54 Å². The first-order valence-corrected chi connectivity index (χ1v) is 9.37. The van der Waals surface area contributed by atoms with E-state index in [1.165, 1.54) is 0 Å². The molecule has 0 bridgehead atoms. The lowest BCUT2D eigenvalue weighted by Crippen LogP contribution is -2.38. The van der Waals surface area contributed by atoms with Crippen molar-refractivity contribution in [1.82, 2.24) is 4.31 Å². The van der Waals surface area contributed by atoms with Crippen LogP contribution in [0.5, 0.6) is 0 Å². The molecule has 1 N–H and O–H groups in total. The van der Waals surface area contributed by atoms with E-state index in [4.69, 9.17) is 5.11 Å². The van der Waals surface area contributed by atoms with Gasteiger partial charge in [-0.3, -0.25) is 9.69 Å². The van der Waals surface area contributed by atoms with Gasteiger partial charge in [0.2, 0.25) is 0 Å². The normalized spacial score (nSPS) is 14.7. The molecule has 0 atom stereocenters. The minimum absolute atomic E-state index is 0.107. The van der Waals surface area contributed by atoms with Gasteiger partial charge in [0.05, 0.1) is 10.5 Å². The molecule has 9 heteroatoms. The van der Waals surface area contributed by atoms with Crippen LogP contribution < -0.4 is 4.90 Å². The predicted octanol–water partition coefficient (Wildman–Crippen LogP) is 2.16. The predicted molar refractivity (Wildman–Crippen MR) is 96.1 cm³/mol. The molecule has 1 aliphatic heterocycles. The van der Waals surface area contributed by atoms with Crippen LogP contribution in [0.4, 0.5) is 10.5 Å². The largest absolute Gasteiger partial charge is 0.478 e. The number of aryl methyl sites for hydroxylation is 2. The van der Waals surface area contributed by atoms with Gasteiger partial charge in [-0.2, -0.15) is 0 Å². The molecule has 0 saturated carbocycles. The minimum atomic E-state index is -4.44. The Labute approximate surface area is 155 Å². The first-order valence-electron chi connectivity index (χ1n) is 7.93. The van der Waals surface area contributed by atoms with E-state index in [1.807, 2.05) is 13.8 Å². The van der Waals surface area contributed by atoms with Crippen LogP contribution in [0, 0.1) is 13.8 Å². The van der Waals surface area contributed by atoms with Gasteiger partial charge in [-0.1, -0.05) is 6.07 Å². The summed E-state index contributed by atoms with van der Waals surface area (Å²) in [4.78, 5) is 36.6. The molecule has 3 rings (SSSR count). The maximum atomic E-state index is 12.7. The van der Waals surface area contributed by atoms with Gasteiger partial charge in [-0.15, -0.1) is 4.31 Å². The van der Waals surface area contributed by atoms with Crippen LogP contribution >= 0.6 is 0 Å². The number of nitrogens with zero attached hydrogens (tertiary/aromatic N) is 2. The number of rotatable bonds is 4. The maximum absolute atomic E-state index is 12.7. The highest BCUT2D eigenvalue weighted by atomic mass is 32.2. The van der Waals surface area contributed by atoms with Crippen molar-refractivity contribution in [2.24, 2.45) is 0 Å². The Bertz CT molecular complexity index is 1060. The van der Waals surface area contributed by atoms with Crippen LogP contribution in [-0.4, -0.2) is 42.3 Å². The molecule has 1 fully saturated rings. The standard InChI is InChI=1S/C18H16N2O6S/c1-11-3-6-14(9-12(11)2)19-10-16(21)20(18(19)24)27(25,26)15-7-4-13(5-8-15)17(22)23/h3-9H,10H2,1-2H3,(H,22,23). The molecular weight excluding hydrogens is 372 g/mol. The van der Waals surface area contributed by atoms with Crippen molar-refractivity contribution >= 4 is 33.6 Å². The van der Waals surface area contributed by atoms with Crippen molar-refractivity contribution < 1.29 is 27.9 Å². The van der Waals surface area contributed by atoms with Gasteiger partial charge in [-0.25, -0.2) is 18.0 Å². The van der Waals surface area contributed by atoms with E-state index in [1.54, 1.807) is 18.2 Å². The number of urea groups is 1. The van der Waals surface area contributed by atoms with Gasteiger partial charge in [-0.05, 0) is 61.4 Å². The molecule has 3 amide bonds. The van der Waals surface area contributed by atoms with Crippen LogP contribution in [0.15, 0.2) is 47.4 Å². The zero-order chi connectivity index (χ0) is 19.9. The number of aromatic carboxylic acids is 1. The molecule has 1 saturated heterocycles. The minimum Gasteiger partial charge on any atom is -0.478 e. The molecule has 1 aliphatic rings. The summed E-state index contributed by atoms with van der Waals surface area (Å²) in [6.07, 6.45) is 0. The number of hydrogen-bond acceptors (Lipinski definition) is 5. The Kier molecular flexibility index (Phi) is 4.48. The number of carboxylic acid groups (broad SMARTS) is 1. The number of anilines is 1. The molecule has 8 nitrogen and oxygen atoms in total. The van der Waals surface area contributed by atoms with Crippen LogP contribution in [0.25, 0.3) is 0 Å². The van der Waals surface area contributed by atoms with Gasteiger partial charge < -0.3 is 5.11 Å². The third kappa shape index (κ3) is 3.17. The number of imide groups is 1. The lowest BCUT2D eigenvalue weighted by molar-refractivity contribution is -0.121. The summed E-state index contributed by atoms with van der Waals surface area (Å²) in [5.41, 5.74) is 2.22. The molecular formula is C18H16N2O6S. The molecule has 2 aromatic carbocycles. The van der Waals surface area contributed by atoms with Crippen molar-refractivity contribution in [1.29, 1.82) is 0 Å². The molecule has 27 heavy (non-hydrogen) atoms. The smallest absolute Gasteiger partial charge is 0.346 e. The topological polar surface area (TPSA) is 112 Å². The van der Waals surface area contributed by atoms with E-state index in [9.17, 15) is 22.8 Å². The summed E-state index contributed by atoms with van der Waals surface area (Å²) in [5, 5.41) is 8.90. The van der Waals surface area contributed by atoms with Crippen LogP contribution in [0.1, 0.15) is 21.5 Å². The number of amides is 3. The third-order valence-electron chi connectivity index (χ3n) is 4.37. The van der Waals surface area contributed by atoms with Crippen LogP contribution in [-0.2, 0) is 14.8 Å². The Balaban J connectivity index is 1.96. The fourth-order valence-electron chi connectivity index (χ4n) is 2.69. The Morgan fingerprint density at radius 3 is 2.19 bits per heavy atom. The molecule has 0 aromatic heterocycles. The maximum Gasteiger partial charge on any atom is 0.346 e. The van der Waals surface area contributed by atoms with Crippen molar-refractivity contribution in [3.05, 3.63) is 59.2 Å². The summed E-state index contributed by atoms with van der Waals surface area (Å²) in [5.74, 6) is -2.09. The van der Waals surface area contributed by atoms with Crippen molar-refractivity contribution in [3.8, 4) is 0 Å². The third-order valence-corrected chi connectivity index (χ3v) is 6.07. The zero-order valence-corrected chi connectivity index (χ0v) is 15.4. The summed E-state index contributed by atoms with van der Waals surface area (Å²) in [7, 11) is -4.44. The summed E-state index contributed by atoms with van der Waals surface area (Å²) in [6.45, 7) is 3.35. The highest BCUT2D eigenvalue weighted by molar-refractivity contribution is 7.90. The van der Waals surface area contributed by atoms with Crippen molar-refractivity contribution in [2.45, 2.75) is 18.7 Å². The number of carbonyl (C=O) groups excluding carboxylic acids is 2. The summed E-state index contributed by atoms with van der Waals surface area (Å²) < 4.78 is 25.7. The summed E-state index contributed by atoms with van der Waals surface area (Å²) in [6, 6.07) is 8.47. The van der Waals surface area contributed by atoms with Crippen LogP contribution in [0.2, 0.25) is 0 Å². The van der Waals surface area contributed by atoms with Crippen molar-refractivity contribution in [3.63, 3.8) is 0 Å². The lowest BCUT2D eigenvalue weighted by Gasteiger charge is -2.18. The average molecular weight is 388 g/mol. The number of benzene rings is 2. The van der Waals surface area contributed by atoms with Crippen LogP contribution in [0.3, 0.4) is 0 Å². The SMILES string of the molecule is Cc1ccc(N2CC(=O)N(S(=O)(=O)c3ccc(C(=O)O)cc3)C2=O)cc1C. The van der Waals surface area contributed by atoms with Gasteiger partial charge in [0.25, 0.3) is 15.9 Å². The fraction of sp³-hybridized carbons (Fsp3) is 0.167. The molecule has 0 radical (unpaired) electrons. The lowest BCUT2D eigenvalue weighted by atomic mass is 10.1. The van der Waals surface area contributed by atoms with E-state index < -0.39 is 34.5 Å². The van der Waals surface area contributed by atoms with E-state index >= 15 is 0 Å². The number of hydrogen-bond donors (Lipinski definition) is 1. The molecule has 0 unspecified atom stereocenters. The molecule has 1 heterocycles. The number of carbonyl (C=O) groups is 3. The van der Waals surface area contributed by atoms with Gasteiger partial charge in [0.15, 0.2) is 0 Å². The highest BCUT2D eigenvalue weighted by Crippen LogP contribution is 2.27. The van der Waals surface area contributed by atoms with E-state index in [0.717, 1.165) is 40.3 Å². The van der Waals surface area contributed by atoms with E-state index in [2.05, 4.69) is 0 Å². The fourth-order valence-corrected chi connectivity index (χ4v) is 4.01. The molecule has 0 aliphatic carbocycles. The average Bonchev–Trinajstić information content (AvgIpc) is 2.92. The molecule has 0 spiro atoms. The second-order valence-corrected chi connectivity index (χ2v) is 7.92. The Morgan fingerprint density at radius 2 is 1.63 bits per heavy atom. The second-order valence-electron chi connectivity index (χ2n) is 6.13. The number of sulfonamides is 1. The Morgan fingerprint density at radius 1 is 1.00 bits per heavy atom. The van der Waals surface area contributed by atoms with Crippen molar-refractivity contribution in [2.75, 3.05) is 11.4 Å². The van der Waals surface area contributed by atoms with Gasteiger partial charge >= 0.3 is 12.0 Å². The number of carboxylic acids is 1. The van der Waals surface area contributed by atoms with Gasteiger partial charge in [0, 0.05) is 5.69 Å². The molecule has 2 aromatic rings. The first kappa shape index (κ1) is 18.6. The first-order chi connectivity index (χ1) is 12.6. The quantitative estimate of drug-likeness (QED) is 0.803. The molecule has 140 valence electrons. The zero-order valence-electron chi connectivity index (χ0n) is 14.5.